The lowest BCUT2D eigenvalue weighted by molar-refractivity contribution is 0.184. The first kappa shape index (κ1) is 12.2. The summed E-state index contributed by atoms with van der Waals surface area (Å²) in [7, 11) is 0. The molecule has 1 aromatic heterocycles. The third-order valence-electron chi connectivity index (χ3n) is 4.80. The first-order valence-corrected chi connectivity index (χ1v) is 7.26. The van der Waals surface area contributed by atoms with Gasteiger partial charge in [-0.15, -0.1) is 10.2 Å². The van der Waals surface area contributed by atoms with Crippen LogP contribution in [0.15, 0.2) is 0 Å². The van der Waals surface area contributed by atoms with Gasteiger partial charge in [0.15, 0.2) is 0 Å². The molecule has 1 unspecified atom stereocenters. The molecule has 1 fully saturated rings. The molecule has 1 aromatic rings. The fraction of sp³-hybridized carbons (Fsp3) is 0.857. The zero-order chi connectivity index (χ0) is 12.6. The predicted octanol–water partition coefficient (Wildman–Crippen LogP) is 2.05. The molecule has 1 N–H and O–H groups in total. The number of aryl methyl sites for hydroxylation is 1. The lowest BCUT2D eigenvalue weighted by Gasteiger charge is -2.34. The predicted molar refractivity (Wildman–Crippen MR) is 69.4 cm³/mol. The normalized spacial score (nSPS) is 26.9. The average Bonchev–Trinajstić information content (AvgIpc) is 2.83. The molecule has 1 saturated carbocycles. The molecule has 2 aliphatic rings. The highest BCUT2D eigenvalue weighted by molar-refractivity contribution is 5.12. The molecule has 1 atom stereocenters. The minimum Gasteiger partial charge on any atom is -0.396 e. The fourth-order valence-corrected chi connectivity index (χ4v) is 3.55. The Labute approximate surface area is 108 Å². The third-order valence-corrected chi connectivity index (χ3v) is 4.80. The van der Waals surface area contributed by atoms with Crippen LogP contribution in [-0.2, 0) is 18.4 Å². The Bertz CT molecular complexity index is 421. The summed E-state index contributed by atoms with van der Waals surface area (Å²) in [5, 5.41) is 18.2. The molecule has 3 rings (SSSR count). The number of hydrogen-bond donors (Lipinski definition) is 1. The van der Waals surface area contributed by atoms with Crippen molar-refractivity contribution in [2.75, 3.05) is 6.61 Å². The van der Waals surface area contributed by atoms with E-state index in [1.54, 1.807) is 0 Å². The van der Waals surface area contributed by atoms with Crippen LogP contribution in [-0.4, -0.2) is 26.5 Å². The number of fused-ring (bicyclic) bond motifs is 1. The van der Waals surface area contributed by atoms with E-state index in [4.69, 9.17) is 0 Å². The van der Waals surface area contributed by atoms with Gasteiger partial charge in [0.05, 0.1) is 0 Å². The second-order valence-electron chi connectivity index (χ2n) is 6.26. The van der Waals surface area contributed by atoms with Gasteiger partial charge in [-0.25, -0.2) is 0 Å². The minimum atomic E-state index is 0.209. The lowest BCUT2D eigenvalue weighted by atomic mass is 9.75. The van der Waals surface area contributed by atoms with Crippen molar-refractivity contribution in [2.24, 2.45) is 5.92 Å². The largest absolute Gasteiger partial charge is 0.396 e. The van der Waals surface area contributed by atoms with Crippen molar-refractivity contribution in [2.45, 2.75) is 63.8 Å². The van der Waals surface area contributed by atoms with E-state index in [2.05, 4.69) is 21.7 Å². The summed E-state index contributed by atoms with van der Waals surface area (Å²) >= 11 is 0. The van der Waals surface area contributed by atoms with Crippen LogP contribution in [0.1, 0.15) is 57.1 Å². The highest BCUT2D eigenvalue weighted by Gasteiger charge is 2.36. The van der Waals surface area contributed by atoms with Crippen molar-refractivity contribution in [3.8, 4) is 0 Å². The summed E-state index contributed by atoms with van der Waals surface area (Å²) in [5.74, 6) is 2.69. The van der Waals surface area contributed by atoms with Crippen LogP contribution in [0.2, 0.25) is 0 Å². The summed E-state index contributed by atoms with van der Waals surface area (Å²) < 4.78 is 2.30. The van der Waals surface area contributed by atoms with Crippen molar-refractivity contribution in [3.63, 3.8) is 0 Å². The van der Waals surface area contributed by atoms with Gasteiger partial charge < -0.3 is 9.67 Å². The maximum absolute atomic E-state index is 9.37. The number of nitrogens with zero attached hydrogens (tertiary/aromatic N) is 3. The van der Waals surface area contributed by atoms with Crippen LogP contribution in [0.25, 0.3) is 0 Å². The third kappa shape index (κ3) is 1.96. The standard InChI is InChI=1S/C14H23N3O/c1-14(7-3-2-4-8-14)13-16-15-12-6-5-11(10-18)9-17(12)13/h11,18H,2-10H2,1H3. The van der Waals surface area contributed by atoms with E-state index < -0.39 is 0 Å². The average molecular weight is 249 g/mol. The van der Waals surface area contributed by atoms with Gasteiger partial charge in [-0.1, -0.05) is 26.2 Å². The molecule has 0 saturated heterocycles. The van der Waals surface area contributed by atoms with Gasteiger partial charge in [0.2, 0.25) is 0 Å². The van der Waals surface area contributed by atoms with E-state index in [0.29, 0.717) is 5.92 Å². The van der Waals surface area contributed by atoms with Gasteiger partial charge in [0.25, 0.3) is 0 Å². The van der Waals surface area contributed by atoms with Crippen LogP contribution in [0, 0.1) is 5.92 Å². The van der Waals surface area contributed by atoms with Gasteiger partial charge >= 0.3 is 0 Å². The lowest BCUT2D eigenvalue weighted by Crippen LogP contribution is -2.32. The molecule has 4 nitrogen and oxygen atoms in total. The molecule has 1 aliphatic carbocycles. The molecule has 1 aliphatic heterocycles. The first-order chi connectivity index (χ1) is 8.73. The topological polar surface area (TPSA) is 50.9 Å². The Morgan fingerprint density at radius 2 is 2.06 bits per heavy atom. The Kier molecular flexibility index (Phi) is 3.14. The first-order valence-electron chi connectivity index (χ1n) is 7.26. The van der Waals surface area contributed by atoms with E-state index in [0.717, 1.165) is 25.2 Å². The molecule has 0 amide bonds. The number of aliphatic hydroxyl groups is 1. The summed E-state index contributed by atoms with van der Waals surface area (Å²) in [4.78, 5) is 0. The zero-order valence-electron chi connectivity index (χ0n) is 11.2. The van der Waals surface area contributed by atoms with Gasteiger partial charge in [-0.05, 0) is 19.3 Å². The number of hydrogen-bond acceptors (Lipinski definition) is 3. The number of rotatable bonds is 2. The van der Waals surface area contributed by atoms with Gasteiger partial charge in [-0.2, -0.15) is 0 Å². The van der Waals surface area contributed by atoms with Gasteiger partial charge in [0, 0.05) is 30.9 Å². The Hall–Kier alpha value is -0.900. The molecule has 0 spiro atoms. The Morgan fingerprint density at radius 1 is 1.28 bits per heavy atom. The van der Waals surface area contributed by atoms with Crippen LogP contribution in [0.4, 0.5) is 0 Å². The maximum atomic E-state index is 9.37. The summed E-state index contributed by atoms with van der Waals surface area (Å²) in [6.45, 7) is 3.53. The summed E-state index contributed by atoms with van der Waals surface area (Å²) in [6.07, 6.45) is 8.45. The highest BCUT2D eigenvalue weighted by atomic mass is 16.3. The van der Waals surface area contributed by atoms with Crippen molar-refractivity contribution in [1.82, 2.24) is 14.8 Å². The van der Waals surface area contributed by atoms with Gasteiger partial charge in [-0.3, -0.25) is 0 Å². The van der Waals surface area contributed by atoms with Crippen molar-refractivity contribution >= 4 is 0 Å². The maximum Gasteiger partial charge on any atom is 0.138 e. The molecule has 0 radical (unpaired) electrons. The van der Waals surface area contributed by atoms with E-state index in [9.17, 15) is 5.11 Å². The molecular weight excluding hydrogens is 226 g/mol. The Morgan fingerprint density at radius 3 is 2.78 bits per heavy atom. The molecule has 0 aromatic carbocycles. The second kappa shape index (κ2) is 4.65. The zero-order valence-corrected chi connectivity index (χ0v) is 11.2. The summed E-state index contributed by atoms with van der Waals surface area (Å²) in [6, 6.07) is 0. The van der Waals surface area contributed by atoms with Gasteiger partial charge in [0.1, 0.15) is 11.6 Å². The van der Waals surface area contributed by atoms with Crippen molar-refractivity contribution in [3.05, 3.63) is 11.6 Å². The minimum absolute atomic E-state index is 0.209. The van der Waals surface area contributed by atoms with Crippen LogP contribution in [0.3, 0.4) is 0 Å². The summed E-state index contributed by atoms with van der Waals surface area (Å²) in [5.41, 5.74) is 0.209. The molecule has 2 heterocycles. The number of aromatic nitrogens is 3. The van der Waals surface area contributed by atoms with Crippen LogP contribution < -0.4 is 0 Å². The fourth-order valence-electron chi connectivity index (χ4n) is 3.55. The molecule has 0 bridgehead atoms. The molecule has 4 heteroatoms. The highest BCUT2D eigenvalue weighted by Crippen LogP contribution is 2.39. The SMILES string of the molecule is CC1(c2nnc3n2CC(CO)CC3)CCCCC1. The van der Waals surface area contributed by atoms with Crippen molar-refractivity contribution < 1.29 is 5.11 Å². The van der Waals surface area contributed by atoms with E-state index >= 15 is 0 Å². The van der Waals surface area contributed by atoms with Crippen LogP contribution >= 0.6 is 0 Å². The smallest absolute Gasteiger partial charge is 0.138 e. The number of aliphatic hydroxyl groups excluding tert-OH is 1. The quantitative estimate of drug-likeness (QED) is 0.872. The van der Waals surface area contributed by atoms with E-state index in [-0.39, 0.29) is 12.0 Å². The van der Waals surface area contributed by atoms with E-state index in [1.165, 1.54) is 37.9 Å². The van der Waals surface area contributed by atoms with E-state index in [1.807, 2.05) is 0 Å². The van der Waals surface area contributed by atoms with Crippen LogP contribution in [0.5, 0.6) is 0 Å². The molecule has 100 valence electrons. The molecular formula is C14H23N3O. The molecule has 18 heavy (non-hydrogen) atoms. The monoisotopic (exact) mass is 249 g/mol. The second-order valence-corrected chi connectivity index (χ2v) is 6.26. The Balaban J connectivity index is 1.91. The van der Waals surface area contributed by atoms with Crippen molar-refractivity contribution in [1.29, 1.82) is 0 Å².